The molecule has 0 aliphatic heterocycles. The van der Waals surface area contributed by atoms with E-state index in [9.17, 15) is 30.8 Å². The second kappa shape index (κ2) is 12.5. The second-order valence-corrected chi connectivity index (χ2v) is 11.7. The van der Waals surface area contributed by atoms with E-state index in [1.54, 1.807) is 6.92 Å². The van der Waals surface area contributed by atoms with Crippen LogP contribution in [0.5, 0.6) is 5.88 Å². The smallest absolute Gasteiger partial charge is 0.435 e. The first-order chi connectivity index (χ1) is 20.2. The Labute approximate surface area is 247 Å². The number of anilines is 2. The van der Waals surface area contributed by atoms with Crippen LogP contribution in [0.2, 0.25) is 5.02 Å². The molecule has 228 valence electrons. The number of esters is 1. The molecule has 17 heteroatoms. The van der Waals surface area contributed by atoms with Crippen LogP contribution in [0.1, 0.15) is 28.7 Å². The van der Waals surface area contributed by atoms with Gasteiger partial charge in [0.25, 0.3) is 0 Å². The molecule has 0 fully saturated rings. The van der Waals surface area contributed by atoms with Gasteiger partial charge >= 0.3 is 12.1 Å². The van der Waals surface area contributed by atoms with Gasteiger partial charge in [-0.05, 0) is 44.2 Å². The number of pyridine rings is 1. The van der Waals surface area contributed by atoms with Crippen molar-refractivity contribution in [2.24, 2.45) is 0 Å². The average Bonchev–Trinajstić information content (AvgIpc) is 3.32. The van der Waals surface area contributed by atoms with Gasteiger partial charge in [0.1, 0.15) is 18.0 Å². The number of carbonyl (C=O) groups excluding carboxylic acids is 1. The standard InChI is InChI=1S/C26H23ClF4N6O5S/c1-4-41-24(38)17-10-15(12-32-23(17)42-7-8-43(3,39)40)18-13-33-25(34-16-5-6-20(28)19(27)11-16)35-22(18)37-14(2)9-21(36-37)26(29,30)31/h5-6,9-13H,4,7-8H2,1-3H3,(H,33,34,35). The van der Waals surface area contributed by atoms with E-state index >= 15 is 0 Å². The Morgan fingerprint density at radius 2 is 1.88 bits per heavy atom. The number of nitrogens with one attached hydrogen (secondary N) is 1. The normalized spacial score (nSPS) is 11.8. The largest absolute Gasteiger partial charge is 0.476 e. The minimum Gasteiger partial charge on any atom is -0.476 e. The highest BCUT2D eigenvalue weighted by Crippen LogP contribution is 2.33. The molecular formula is C26H23ClF4N6O5S. The van der Waals surface area contributed by atoms with E-state index in [0.29, 0.717) is 5.69 Å². The third-order valence-corrected chi connectivity index (χ3v) is 6.87. The van der Waals surface area contributed by atoms with E-state index in [2.05, 4.69) is 25.4 Å². The highest BCUT2D eigenvalue weighted by molar-refractivity contribution is 7.90. The summed E-state index contributed by atoms with van der Waals surface area (Å²) >= 11 is 5.85. The molecule has 4 rings (SSSR count). The van der Waals surface area contributed by atoms with Gasteiger partial charge in [0, 0.05) is 41.2 Å². The van der Waals surface area contributed by atoms with Gasteiger partial charge in [0.2, 0.25) is 11.8 Å². The summed E-state index contributed by atoms with van der Waals surface area (Å²) in [4.78, 5) is 25.5. The van der Waals surface area contributed by atoms with Gasteiger partial charge in [-0.15, -0.1) is 0 Å². The molecular weight excluding hydrogens is 620 g/mol. The molecule has 3 heterocycles. The van der Waals surface area contributed by atoms with E-state index in [0.717, 1.165) is 23.1 Å². The van der Waals surface area contributed by atoms with Crippen LogP contribution in [0, 0.1) is 12.7 Å². The number of carbonyl (C=O) groups is 1. The number of hydrogen-bond donors (Lipinski definition) is 1. The van der Waals surface area contributed by atoms with Crippen molar-refractivity contribution in [3.8, 4) is 22.8 Å². The summed E-state index contributed by atoms with van der Waals surface area (Å²) in [5.41, 5.74) is -0.691. The molecule has 0 amide bonds. The number of sulfone groups is 1. The Balaban J connectivity index is 1.84. The maximum atomic E-state index is 13.6. The molecule has 0 saturated heterocycles. The van der Waals surface area contributed by atoms with Gasteiger partial charge in [0.05, 0.1) is 17.4 Å². The van der Waals surface area contributed by atoms with E-state index < -0.39 is 33.5 Å². The van der Waals surface area contributed by atoms with Crippen molar-refractivity contribution in [2.75, 3.05) is 30.5 Å². The monoisotopic (exact) mass is 642 g/mol. The Bertz CT molecular complexity index is 1780. The molecule has 0 aliphatic rings. The lowest BCUT2D eigenvalue weighted by Crippen LogP contribution is -2.15. The summed E-state index contributed by atoms with van der Waals surface area (Å²) in [6, 6.07) is 5.87. The summed E-state index contributed by atoms with van der Waals surface area (Å²) < 4.78 is 88.7. The van der Waals surface area contributed by atoms with Crippen LogP contribution in [0.3, 0.4) is 0 Å². The minimum absolute atomic E-state index is 0.000666. The molecule has 11 nitrogen and oxygen atoms in total. The summed E-state index contributed by atoms with van der Waals surface area (Å²) in [5.74, 6) is -2.27. The van der Waals surface area contributed by atoms with Crippen LogP contribution in [-0.2, 0) is 20.8 Å². The molecule has 0 spiro atoms. The molecule has 4 aromatic rings. The maximum absolute atomic E-state index is 13.6. The first-order valence-electron chi connectivity index (χ1n) is 12.4. The Hall–Kier alpha value is -4.31. The lowest BCUT2D eigenvalue weighted by Gasteiger charge is -2.15. The Kier molecular flexibility index (Phi) is 9.20. The summed E-state index contributed by atoms with van der Waals surface area (Å²) in [6.45, 7) is 2.67. The number of ether oxygens (including phenoxy) is 2. The molecule has 0 radical (unpaired) electrons. The average molecular weight is 643 g/mol. The van der Waals surface area contributed by atoms with E-state index in [1.165, 1.54) is 37.5 Å². The molecule has 0 saturated carbocycles. The van der Waals surface area contributed by atoms with Crippen LogP contribution in [-0.4, -0.2) is 64.3 Å². The van der Waals surface area contributed by atoms with Crippen molar-refractivity contribution >= 4 is 39.0 Å². The van der Waals surface area contributed by atoms with Gasteiger partial charge in [0.15, 0.2) is 21.3 Å². The van der Waals surface area contributed by atoms with Crippen molar-refractivity contribution in [3.63, 3.8) is 0 Å². The fourth-order valence-corrected chi connectivity index (χ4v) is 4.25. The number of hydrogen-bond acceptors (Lipinski definition) is 10. The van der Waals surface area contributed by atoms with Gasteiger partial charge in [-0.25, -0.2) is 32.3 Å². The minimum atomic E-state index is -4.75. The van der Waals surface area contributed by atoms with Crippen molar-refractivity contribution in [2.45, 2.75) is 20.0 Å². The SMILES string of the molecule is CCOC(=O)c1cc(-c2cnc(Nc3ccc(F)c(Cl)c3)nc2-n2nc(C(F)(F)F)cc2C)cnc1OCCS(C)(=O)=O. The van der Waals surface area contributed by atoms with Crippen LogP contribution in [0.4, 0.5) is 29.2 Å². The second-order valence-electron chi connectivity index (χ2n) is 9.04. The first kappa shape index (κ1) is 31.6. The Morgan fingerprint density at radius 1 is 1.14 bits per heavy atom. The number of alkyl halides is 3. The summed E-state index contributed by atoms with van der Waals surface area (Å²) in [6.07, 6.45) is -1.22. The van der Waals surface area contributed by atoms with E-state index in [1.807, 2.05) is 0 Å². The predicted octanol–water partition coefficient (Wildman–Crippen LogP) is 5.19. The van der Waals surface area contributed by atoms with Crippen molar-refractivity contribution in [1.82, 2.24) is 24.7 Å². The molecule has 0 aliphatic carbocycles. The molecule has 0 atom stereocenters. The highest BCUT2D eigenvalue weighted by atomic mass is 35.5. The fraction of sp³-hybridized carbons (Fsp3) is 0.269. The third-order valence-electron chi connectivity index (χ3n) is 5.67. The summed E-state index contributed by atoms with van der Waals surface area (Å²) in [7, 11) is -3.38. The zero-order chi connectivity index (χ0) is 31.5. The predicted molar refractivity (Wildman–Crippen MR) is 148 cm³/mol. The fourth-order valence-electron chi connectivity index (χ4n) is 3.69. The van der Waals surface area contributed by atoms with Crippen LogP contribution < -0.4 is 10.1 Å². The maximum Gasteiger partial charge on any atom is 0.435 e. The lowest BCUT2D eigenvalue weighted by molar-refractivity contribution is -0.141. The molecule has 0 unspecified atom stereocenters. The van der Waals surface area contributed by atoms with E-state index in [-0.39, 0.29) is 64.0 Å². The quantitative estimate of drug-likeness (QED) is 0.182. The number of nitrogens with zero attached hydrogens (tertiary/aromatic N) is 5. The molecule has 43 heavy (non-hydrogen) atoms. The van der Waals surface area contributed by atoms with Crippen LogP contribution in [0.25, 0.3) is 16.9 Å². The van der Waals surface area contributed by atoms with Crippen molar-refractivity contribution in [3.05, 3.63) is 70.5 Å². The van der Waals surface area contributed by atoms with E-state index in [4.69, 9.17) is 21.1 Å². The number of rotatable bonds is 10. The number of benzene rings is 1. The van der Waals surface area contributed by atoms with Crippen LogP contribution >= 0.6 is 11.6 Å². The molecule has 0 bridgehead atoms. The van der Waals surface area contributed by atoms with Gasteiger partial charge < -0.3 is 14.8 Å². The van der Waals surface area contributed by atoms with Crippen molar-refractivity contribution < 1.29 is 40.2 Å². The molecule has 1 N–H and O–H groups in total. The van der Waals surface area contributed by atoms with Crippen molar-refractivity contribution in [1.29, 1.82) is 0 Å². The van der Waals surface area contributed by atoms with Gasteiger partial charge in [-0.3, -0.25) is 0 Å². The summed E-state index contributed by atoms with van der Waals surface area (Å²) in [5, 5.41) is 6.32. The zero-order valence-electron chi connectivity index (χ0n) is 22.7. The number of halogens is 5. The van der Waals surface area contributed by atoms with Crippen LogP contribution in [0.15, 0.2) is 42.7 Å². The topological polar surface area (TPSA) is 138 Å². The molecule has 1 aromatic carbocycles. The van der Waals surface area contributed by atoms with Gasteiger partial charge in [-0.2, -0.15) is 23.3 Å². The molecule has 3 aromatic heterocycles. The van der Waals surface area contributed by atoms with Gasteiger partial charge in [-0.1, -0.05) is 11.6 Å². The lowest BCUT2D eigenvalue weighted by atomic mass is 10.1. The number of aryl methyl sites for hydroxylation is 1. The zero-order valence-corrected chi connectivity index (χ0v) is 24.3. The Morgan fingerprint density at radius 3 is 2.51 bits per heavy atom. The highest BCUT2D eigenvalue weighted by Gasteiger charge is 2.35. The first-order valence-corrected chi connectivity index (χ1v) is 14.8. The third kappa shape index (κ3) is 7.75. The number of aromatic nitrogens is 5.